The van der Waals surface area contributed by atoms with E-state index in [1.807, 2.05) is 0 Å². The predicted molar refractivity (Wildman–Crippen MR) is 102 cm³/mol. The Hall–Kier alpha value is -2.40. The van der Waals surface area contributed by atoms with Gasteiger partial charge in [-0.3, -0.25) is 10.5 Å². The zero-order chi connectivity index (χ0) is 23.2. The van der Waals surface area contributed by atoms with E-state index in [1.54, 1.807) is 34.6 Å². The average molecular weight is 419 g/mol. The van der Waals surface area contributed by atoms with E-state index in [0.717, 1.165) is 12.0 Å². The van der Waals surface area contributed by atoms with Gasteiger partial charge in [0.15, 0.2) is 6.61 Å². The summed E-state index contributed by atoms with van der Waals surface area (Å²) >= 11 is 0. The summed E-state index contributed by atoms with van der Waals surface area (Å²) < 4.78 is 19.6. The first-order chi connectivity index (χ1) is 13.0. The Morgan fingerprint density at radius 1 is 0.966 bits per heavy atom. The number of carbonyl (C=O) groups excluding carboxylic acids is 4. The summed E-state index contributed by atoms with van der Waals surface area (Å²) in [5.74, 6) is -3.35. The fraction of sp³-hybridized carbons (Fsp3) is 0.778. The van der Waals surface area contributed by atoms with Crippen LogP contribution in [0.2, 0.25) is 0 Å². The summed E-state index contributed by atoms with van der Waals surface area (Å²) in [5.41, 5.74) is 7.14. The molecule has 0 saturated carbocycles. The highest BCUT2D eigenvalue weighted by atomic mass is 16.6. The lowest BCUT2D eigenvalue weighted by Crippen LogP contribution is -2.61. The lowest BCUT2D eigenvalue weighted by Gasteiger charge is -2.32. The van der Waals surface area contributed by atoms with Crippen molar-refractivity contribution in [3.8, 4) is 0 Å². The maximum Gasteiger partial charge on any atom is 0.410 e. The molecule has 0 unspecified atom stereocenters. The van der Waals surface area contributed by atoms with Crippen LogP contribution in [0.3, 0.4) is 0 Å². The fourth-order valence-electron chi connectivity index (χ4n) is 1.65. The number of amides is 1. The highest BCUT2D eigenvalue weighted by Gasteiger charge is 2.46. The van der Waals surface area contributed by atoms with E-state index in [1.165, 1.54) is 14.0 Å². The summed E-state index contributed by atoms with van der Waals surface area (Å²) in [6.45, 7) is 8.49. The molecule has 0 heterocycles. The summed E-state index contributed by atoms with van der Waals surface area (Å²) in [6.07, 6.45) is -0.747. The lowest BCUT2D eigenvalue weighted by molar-refractivity contribution is -0.193. The van der Waals surface area contributed by atoms with Crippen molar-refractivity contribution in [3.63, 3.8) is 0 Å². The second-order valence-corrected chi connectivity index (χ2v) is 8.21. The maximum absolute atomic E-state index is 12.3. The number of nitrogens with zero attached hydrogens (tertiary/aromatic N) is 1. The zero-order valence-corrected chi connectivity index (χ0v) is 18.4. The van der Waals surface area contributed by atoms with Gasteiger partial charge in [-0.05, 0) is 33.6 Å². The van der Waals surface area contributed by atoms with Gasteiger partial charge in [-0.25, -0.2) is 14.4 Å². The number of nitrogens with two attached hydrogens (primary N) is 2. The molecule has 0 aliphatic heterocycles. The number of ether oxygens (including phenoxy) is 4. The van der Waals surface area contributed by atoms with E-state index in [2.05, 4.69) is 4.74 Å². The Kier molecular flexibility index (Phi) is 9.06. The summed E-state index contributed by atoms with van der Waals surface area (Å²) in [4.78, 5) is 49.3. The molecule has 0 aromatic rings. The summed E-state index contributed by atoms with van der Waals surface area (Å²) in [6, 6.07) is 0. The lowest BCUT2D eigenvalue weighted by atomic mass is 9.90. The Morgan fingerprint density at radius 2 is 1.48 bits per heavy atom. The van der Waals surface area contributed by atoms with Crippen LogP contribution < -0.4 is 11.5 Å². The first-order valence-corrected chi connectivity index (χ1v) is 8.95. The third-order valence-electron chi connectivity index (χ3n) is 3.96. The second-order valence-electron chi connectivity index (χ2n) is 8.21. The van der Waals surface area contributed by atoms with Crippen molar-refractivity contribution in [2.24, 2.45) is 17.4 Å². The zero-order valence-electron chi connectivity index (χ0n) is 18.4. The minimum Gasteiger partial charge on any atom is -0.465 e. The van der Waals surface area contributed by atoms with Gasteiger partial charge in [-0.2, -0.15) is 0 Å². The molecule has 0 bridgehead atoms. The minimum absolute atomic E-state index is 0.332. The summed E-state index contributed by atoms with van der Waals surface area (Å²) in [7, 11) is 2.35. The predicted octanol–water partition coefficient (Wildman–Crippen LogP) is 0.141. The van der Waals surface area contributed by atoms with Crippen molar-refractivity contribution in [2.75, 3.05) is 27.3 Å². The van der Waals surface area contributed by atoms with E-state index < -0.39 is 54.0 Å². The van der Waals surface area contributed by atoms with Crippen molar-refractivity contribution < 1.29 is 38.1 Å². The number of hydrogen-bond acceptors (Lipinski definition) is 10. The molecule has 0 aliphatic rings. The minimum atomic E-state index is -2.40. The van der Waals surface area contributed by atoms with Crippen LogP contribution in [0.4, 0.5) is 4.79 Å². The standard InChI is InChI=1S/C18H33N3O8/c1-11(2)17(6,19)13(23)28-18(20,14(24)26-8)10-27-12(22)9-21(7)15(25)29-16(3,4)5/h11H,9-10,19-20H2,1-8H3/t17-,18-/m0/s1. The summed E-state index contributed by atoms with van der Waals surface area (Å²) in [5, 5.41) is 0. The molecule has 0 aromatic heterocycles. The van der Waals surface area contributed by atoms with Crippen molar-refractivity contribution in [2.45, 2.75) is 58.4 Å². The van der Waals surface area contributed by atoms with Gasteiger partial charge in [0.25, 0.3) is 5.72 Å². The number of methoxy groups -OCH3 is 1. The third kappa shape index (κ3) is 8.24. The first-order valence-electron chi connectivity index (χ1n) is 8.95. The Labute approximate surface area is 170 Å². The number of likely N-dealkylation sites (N-methyl/N-ethyl adjacent to an activating group) is 1. The molecule has 0 aliphatic carbocycles. The van der Waals surface area contributed by atoms with Gasteiger partial charge in [0.2, 0.25) is 0 Å². The monoisotopic (exact) mass is 419 g/mol. The van der Waals surface area contributed by atoms with Gasteiger partial charge in [0.05, 0.1) is 7.11 Å². The first kappa shape index (κ1) is 26.6. The van der Waals surface area contributed by atoms with Crippen LogP contribution in [0, 0.1) is 5.92 Å². The Morgan fingerprint density at radius 3 is 1.90 bits per heavy atom. The largest absolute Gasteiger partial charge is 0.465 e. The second kappa shape index (κ2) is 9.88. The molecule has 0 spiro atoms. The molecule has 11 heteroatoms. The van der Waals surface area contributed by atoms with E-state index in [9.17, 15) is 19.2 Å². The van der Waals surface area contributed by atoms with Crippen LogP contribution in [0.15, 0.2) is 0 Å². The SMILES string of the molecule is COC(=O)[C@](N)(COC(=O)CN(C)C(=O)OC(C)(C)C)OC(=O)[C@@](C)(N)C(C)C. The van der Waals surface area contributed by atoms with Crippen LogP contribution in [-0.2, 0) is 33.3 Å². The normalized spacial score (nSPS) is 15.6. The average Bonchev–Trinajstić information content (AvgIpc) is 2.57. The van der Waals surface area contributed by atoms with Gasteiger partial charge in [0, 0.05) is 7.05 Å². The molecule has 0 radical (unpaired) electrons. The van der Waals surface area contributed by atoms with Gasteiger partial charge in [-0.15, -0.1) is 0 Å². The van der Waals surface area contributed by atoms with Crippen LogP contribution >= 0.6 is 0 Å². The highest BCUT2D eigenvalue weighted by molar-refractivity contribution is 5.87. The van der Waals surface area contributed by atoms with Gasteiger partial charge in [-0.1, -0.05) is 13.8 Å². The van der Waals surface area contributed by atoms with E-state index in [4.69, 9.17) is 25.7 Å². The topological polar surface area (TPSA) is 160 Å². The number of esters is 3. The molecule has 0 fully saturated rings. The number of rotatable bonds is 8. The quantitative estimate of drug-likeness (QED) is 0.314. The molecule has 11 nitrogen and oxygen atoms in total. The smallest absolute Gasteiger partial charge is 0.410 e. The molecule has 1 amide bonds. The van der Waals surface area contributed by atoms with Crippen LogP contribution in [0.1, 0.15) is 41.5 Å². The van der Waals surface area contributed by atoms with Gasteiger partial charge in [0.1, 0.15) is 17.7 Å². The molecular weight excluding hydrogens is 386 g/mol. The van der Waals surface area contributed by atoms with Crippen LogP contribution in [-0.4, -0.2) is 73.1 Å². The number of carbonyl (C=O) groups is 4. The van der Waals surface area contributed by atoms with Crippen molar-refractivity contribution in [3.05, 3.63) is 0 Å². The highest BCUT2D eigenvalue weighted by Crippen LogP contribution is 2.19. The Bertz CT molecular complexity index is 627. The van der Waals surface area contributed by atoms with Crippen molar-refractivity contribution in [1.82, 2.24) is 4.90 Å². The molecule has 29 heavy (non-hydrogen) atoms. The molecule has 0 saturated heterocycles. The van der Waals surface area contributed by atoms with Crippen molar-refractivity contribution in [1.29, 1.82) is 0 Å². The third-order valence-corrected chi connectivity index (χ3v) is 3.96. The van der Waals surface area contributed by atoms with Crippen LogP contribution in [0.5, 0.6) is 0 Å². The van der Waals surface area contributed by atoms with E-state index in [0.29, 0.717) is 0 Å². The van der Waals surface area contributed by atoms with Crippen molar-refractivity contribution >= 4 is 24.0 Å². The van der Waals surface area contributed by atoms with Crippen LogP contribution in [0.25, 0.3) is 0 Å². The molecular formula is C18H33N3O8. The van der Waals surface area contributed by atoms with E-state index in [-0.39, 0.29) is 5.92 Å². The maximum atomic E-state index is 12.3. The molecule has 2 atom stereocenters. The molecule has 4 N–H and O–H groups in total. The van der Waals surface area contributed by atoms with E-state index >= 15 is 0 Å². The fourth-order valence-corrected chi connectivity index (χ4v) is 1.65. The van der Waals surface area contributed by atoms with Gasteiger partial charge < -0.3 is 29.6 Å². The van der Waals surface area contributed by atoms with Gasteiger partial charge >= 0.3 is 24.0 Å². The number of hydrogen-bond donors (Lipinski definition) is 2. The molecule has 0 rings (SSSR count). The molecule has 0 aromatic carbocycles. The Balaban J connectivity index is 5.09. The molecule has 168 valence electrons.